The molecule has 5 rings (SSSR count). The van der Waals surface area contributed by atoms with E-state index in [0.717, 1.165) is 12.1 Å². The number of fused-ring (bicyclic) bond motifs is 3. The lowest BCUT2D eigenvalue weighted by Crippen LogP contribution is -2.70. The third-order valence-electron chi connectivity index (χ3n) is 6.64. The molecule has 0 spiro atoms. The normalized spacial score (nSPS) is 25.1. The first-order valence-electron chi connectivity index (χ1n) is 11.1. The van der Waals surface area contributed by atoms with E-state index in [0.29, 0.717) is 25.7 Å². The monoisotopic (exact) mass is 528 g/mol. The molecule has 2 aromatic rings. The Bertz CT molecular complexity index is 1130. The average molecular weight is 529 g/mol. The van der Waals surface area contributed by atoms with Crippen LogP contribution in [0.25, 0.3) is 0 Å². The summed E-state index contributed by atoms with van der Waals surface area (Å²) in [7, 11) is 0. The maximum absolute atomic E-state index is 13.5. The summed E-state index contributed by atoms with van der Waals surface area (Å²) in [5.74, 6) is -1.79. The Morgan fingerprint density at radius 1 is 0.886 bits per heavy atom. The van der Waals surface area contributed by atoms with E-state index in [9.17, 15) is 23.5 Å². The third kappa shape index (κ3) is 5.79. The fraction of sp³-hybridized carbons (Fsp3) is 0.417. The summed E-state index contributed by atoms with van der Waals surface area (Å²) in [4.78, 5) is 25.0. The number of carbonyl (C=O) groups is 2. The quantitative estimate of drug-likeness (QED) is 0.484. The molecule has 2 bridgehead atoms. The zero-order chi connectivity index (χ0) is 25.2. The number of hydrogen-bond donors (Lipinski definition) is 3. The number of halogens is 4. The lowest BCUT2D eigenvalue weighted by molar-refractivity contribution is -0.137. The van der Waals surface area contributed by atoms with Gasteiger partial charge in [0.2, 0.25) is 0 Å². The molecule has 3 aliphatic carbocycles. The molecular weight excluding hydrogens is 505 g/mol. The van der Waals surface area contributed by atoms with Gasteiger partial charge >= 0.3 is 0 Å². The lowest BCUT2D eigenvalue weighted by atomic mass is 9.60. The predicted octanol–water partition coefficient (Wildman–Crippen LogP) is 3.78. The van der Waals surface area contributed by atoms with Crippen LogP contribution in [0.2, 0.25) is 10.0 Å². The number of carbonyl (C=O) groups excluding carboxylic acids is 2. The van der Waals surface area contributed by atoms with Gasteiger partial charge in [0.15, 0.2) is 13.2 Å². The summed E-state index contributed by atoms with van der Waals surface area (Å²) in [6.07, 6.45) is 1.40. The number of aliphatic hydroxyl groups excluding tert-OH is 1. The number of nitrogens with one attached hydrogen (secondary N) is 2. The van der Waals surface area contributed by atoms with Crippen molar-refractivity contribution in [2.45, 2.75) is 49.3 Å². The second-order valence-electron chi connectivity index (χ2n) is 8.98. The molecule has 3 aliphatic rings. The van der Waals surface area contributed by atoms with Crippen LogP contribution in [-0.4, -0.2) is 47.3 Å². The average Bonchev–Trinajstić information content (AvgIpc) is 2.82. The maximum Gasteiger partial charge on any atom is 0.258 e. The van der Waals surface area contributed by atoms with Gasteiger partial charge in [-0.1, -0.05) is 23.2 Å². The van der Waals surface area contributed by atoms with Gasteiger partial charge in [-0.05, 0) is 56.4 Å². The Balaban J connectivity index is 1.28. The number of benzene rings is 2. The van der Waals surface area contributed by atoms with Gasteiger partial charge in [0.05, 0.1) is 21.7 Å². The molecule has 0 heterocycles. The van der Waals surface area contributed by atoms with E-state index >= 15 is 0 Å². The highest BCUT2D eigenvalue weighted by Gasteiger charge is 2.55. The minimum atomic E-state index is -0.881. The summed E-state index contributed by atoms with van der Waals surface area (Å²) in [5, 5.41) is 16.6. The van der Waals surface area contributed by atoms with Crippen molar-refractivity contribution in [1.82, 2.24) is 10.6 Å². The molecule has 0 aliphatic heterocycles. The molecule has 3 saturated carbocycles. The predicted molar refractivity (Wildman–Crippen MR) is 125 cm³/mol. The van der Waals surface area contributed by atoms with Crippen LogP contribution in [-0.2, 0) is 9.59 Å². The summed E-state index contributed by atoms with van der Waals surface area (Å²) in [5.41, 5.74) is -1.44. The summed E-state index contributed by atoms with van der Waals surface area (Å²) in [6, 6.07) is 7.79. The molecule has 188 valence electrons. The molecule has 3 fully saturated rings. The second kappa shape index (κ2) is 10.2. The van der Waals surface area contributed by atoms with E-state index in [2.05, 4.69) is 10.6 Å². The zero-order valence-corrected chi connectivity index (χ0v) is 20.1. The largest absolute Gasteiger partial charge is 0.484 e. The molecule has 2 amide bonds. The highest BCUT2D eigenvalue weighted by atomic mass is 35.5. The molecular formula is C24H24Cl2F2N2O5. The van der Waals surface area contributed by atoms with Gasteiger partial charge in [0, 0.05) is 17.7 Å². The van der Waals surface area contributed by atoms with Crippen LogP contribution in [0.1, 0.15) is 32.1 Å². The van der Waals surface area contributed by atoms with E-state index in [4.69, 9.17) is 32.7 Å². The van der Waals surface area contributed by atoms with Crippen LogP contribution in [0, 0.1) is 11.6 Å². The van der Waals surface area contributed by atoms with Crippen molar-refractivity contribution >= 4 is 35.0 Å². The van der Waals surface area contributed by atoms with Crippen LogP contribution in [0.3, 0.4) is 0 Å². The minimum absolute atomic E-state index is 0.0416. The number of amides is 2. The van der Waals surface area contributed by atoms with E-state index in [1.807, 2.05) is 0 Å². The van der Waals surface area contributed by atoms with Crippen LogP contribution in [0.5, 0.6) is 11.5 Å². The number of rotatable bonds is 8. The second-order valence-corrected chi connectivity index (χ2v) is 9.80. The van der Waals surface area contributed by atoms with Crippen molar-refractivity contribution in [3.05, 3.63) is 58.1 Å². The summed E-state index contributed by atoms with van der Waals surface area (Å²) >= 11 is 11.3. The topological polar surface area (TPSA) is 96.9 Å². The van der Waals surface area contributed by atoms with Gasteiger partial charge in [0.1, 0.15) is 23.1 Å². The van der Waals surface area contributed by atoms with Gasteiger partial charge in [-0.25, -0.2) is 8.78 Å². The molecule has 7 nitrogen and oxygen atoms in total. The summed E-state index contributed by atoms with van der Waals surface area (Å²) in [6.45, 7) is -0.663. The molecule has 0 aromatic heterocycles. The Morgan fingerprint density at radius 2 is 1.37 bits per heavy atom. The van der Waals surface area contributed by atoms with E-state index < -0.39 is 40.6 Å². The van der Waals surface area contributed by atoms with Crippen molar-refractivity contribution in [1.29, 1.82) is 0 Å². The van der Waals surface area contributed by atoms with Crippen molar-refractivity contribution in [2.24, 2.45) is 0 Å². The standard InChI is InChI=1S/C24H24Cl2F2N2O5/c25-16-3-1-14(9-18(16)27)34-12-21(32)29-23-5-7-24(8-6-23,20(31)11-23)30-22(33)13-35-15-2-4-17(26)19(28)10-15/h1-4,9-10,20,31H,5-8,11-13H2,(H,29,32)(H,30,33)/t20-,23?,24?/m0/s1. The van der Waals surface area contributed by atoms with Crippen LogP contribution in [0.4, 0.5) is 8.78 Å². The van der Waals surface area contributed by atoms with E-state index in [1.54, 1.807) is 0 Å². The molecule has 2 aromatic carbocycles. The van der Waals surface area contributed by atoms with Gasteiger partial charge in [-0.3, -0.25) is 9.59 Å². The minimum Gasteiger partial charge on any atom is -0.484 e. The molecule has 3 N–H and O–H groups in total. The number of hydrogen-bond acceptors (Lipinski definition) is 5. The van der Waals surface area contributed by atoms with Crippen LogP contribution >= 0.6 is 23.2 Å². The Kier molecular flexibility index (Phi) is 7.40. The highest BCUT2D eigenvalue weighted by Crippen LogP contribution is 2.47. The van der Waals surface area contributed by atoms with Crippen LogP contribution in [0.15, 0.2) is 36.4 Å². The molecule has 35 heavy (non-hydrogen) atoms. The molecule has 11 heteroatoms. The van der Waals surface area contributed by atoms with Crippen molar-refractivity contribution in [3.63, 3.8) is 0 Å². The maximum atomic E-state index is 13.5. The Labute approximate surface area is 210 Å². The Morgan fingerprint density at radius 3 is 1.83 bits per heavy atom. The van der Waals surface area contributed by atoms with Gasteiger partial charge in [0.25, 0.3) is 11.8 Å². The van der Waals surface area contributed by atoms with Gasteiger partial charge in [-0.15, -0.1) is 0 Å². The van der Waals surface area contributed by atoms with Crippen molar-refractivity contribution < 1.29 is 33.0 Å². The number of aliphatic hydroxyl groups is 1. The first-order valence-corrected chi connectivity index (χ1v) is 11.8. The van der Waals surface area contributed by atoms with E-state index in [-0.39, 0.29) is 41.2 Å². The number of ether oxygens (including phenoxy) is 2. The first kappa shape index (κ1) is 25.5. The smallest absolute Gasteiger partial charge is 0.258 e. The molecule has 0 radical (unpaired) electrons. The van der Waals surface area contributed by atoms with Gasteiger partial charge < -0.3 is 25.2 Å². The van der Waals surface area contributed by atoms with Crippen molar-refractivity contribution in [2.75, 3.05) is 13.2 Å². The molecule has 0 saturated heterocycles. The van der Waals surface area contributed by atoms with E-state index in [1.165, 1.54) is 24.3 Å². The molecule has 1 atom stereocenters. The fourth-order valence-electron chi connectivity index (χ4n) is 4.74. The summed E-state index contributed by atoms with van der Waals surface area (Å²) < 4.78 is 37.8. The SMILES string of the molecule is O=C(COc1ccc(Cl)c(F)c1)NC12CCC(NC(=O)COc3ccc(Cl)c(F)c3)(CC1)[C@@H](O)C2. The highest BCUT2D eigenvalue weighted by molar-refractivity contribution is 6.31. The first-order chi connectivity index (χ1) is 16.6. The lowest BCUT2D eigenvalue weighted by Gasteiger charge is -2.56. The zero-order valence-electron chi connectivity index (χ0n) is 18.6. The molecule has 0 unspecified atom stereocenters. The third-order valence-corrected chi connectivity index (χ3v) is 7.25. The van der Waals surface area contributed by atoms with Crippen LogP contribution < -0.4 is 20.1 Å². The van der Waals surface area contributed by atoms with Gasteiger partial charge in [-0.2, -0.15) is 0 Å². The Hall–Kier alpha value is -2.62. The fourth-order valence-corrected chi connectivity index (χ4v) is 4.97. The van der Waals surface area contributed by atoms with Crippen molar-refractivity contribution in [3.8, 4) is 11.5 Å².